The van der Waals surface area contributed by atoms with E-state index in [0.717, 1.165) is 27.5 Å². The van der Waals surface area contributed by atoms with Crippen LogP contribution in [0.25, 0.3) is 21.9 Å². The summed E-state index contributed by atoms with van der Waals surface area (Å²) in [5, 5.41) is 2.07. The van der Waals surface area contributed by atoms with E-state index in [-0.39, 0.29) is 6.04 Å². The summed E-state index contributed by atoms with van der Waals surface area (Å²) in [5.74, 6) is 0. The highest BCUT2D eigenvalue weighted by atomic mass is 16.3. The molecule has 0 saturated carbocycles. The lowest BCUT2D eigenvalue weighted by atomic mass is 10.0. The highest BCUT2D eigenvalue weighted by Gasteiger charge is 2.14. The lowest BCUT2D eigenvalue weighted by molar-refractivity contribution is 0.604. The van der Waals surface area contributed by atoms with Crippen molar-refractivity contribution in [3.63, 3.8) is 0 Å². The van der Waals surface area contributed by atoms with Crippen LogP contribution in [-0.2, 0) is 0 Å². The summed E-state index contributed by atoms with van der Waals surface area (Å²) < 4.78 is 10.9. The molecule has 0 radical (unpaired) electrons. The van der Waals surface area contributed by atoms with E-state index in [1.807, 2.05) is 25.1 Å². The zero-order valence-corrected chi connectivity index (χ0v) is 8.36. The van der Waals surface area contributed by atoms with E-state index in [1.165, 1.54) is 0 Å². The third-order valence-electron chi connectivity index (χ3n) is 2.67. The Morgan fingerprint density at radius 3 is 2.80 bits per heavy atom. The normalized spacial score (nSPS) is 13.7. The smallest absolute Gasteiger partial charge is 0.139 e. The molecule has 76 valence electrons. The second-order valence-corrected chi connectivity index (χ2v) is 3.75. The van der Waals surface area contributed by atoms with Crippen LogP contribution in [-0.4, -0.2) is 0 Å². The van der Waals surface area contributed by atoms with Gasteiger partial charge in [0.2, 0.25) is 0 Å². The summed E-state index contributed by atoms with van der Waals surface area (Å²) >= 11 is 0. The molecule has 0 amide bonds. The van der Waals surface area contributed by atoms with Crippen LogP contribution in [0, 0.1) is 0 Å². The number of benzene rings is 1. The van der Waals surface area contributed by atoms with E-state index in [9.17, 15) is 0 Å². The van der Waals surface area contributed by atoms with Crippen molar-refractivity contribution in [2.24, 2.45) is 5.73 Å². The largest absolute Gasteiger partial charge is 0.464 e. The Bertz CT molecular complexity index is 570. The fraction of sp³-hybridized carbons (Fsp3) is 0.167. The first-order valence-electron chi connectivity index (χ1n) is 4.90. The standard InChI is InChI=1S/C12H11NO2/c1-7(13)11-9-3-5-14-10(9)6-8-2-4-15-12(8)11/h2-7H,13H2,1H3. The van der Waals surface area contributed by atoms with Gasteiger partial charge in [-0.2, -0.15) is 0 Å². The molecule has 0 spiro atoms. The minimum atomic E-state index is -0.0695. The van der Waals surface area contributed by atoms with Gasteiger partial charge in [0.15, 0.2) is 0 Å². The van der Waals surface area contributed by atoms with Gasteiger partial charge < -0.3 is 14.6 Å². The molecule has 0 fully saturated rings. The fourth-order valence-corrected chi connectivity index (χ4v) is 2.02. The summed E-state index contributed by atoms with van der Waals surface area (Å²) in [4.78, 5) is 0. The SMILES string of the molecule is CC(N)c1c2ccoc2cc2ccoc12. The maximum atomic E-state index is 5.96. The first-order valence-corrected chi connectivity index (χ1v) is 4.90. The van der Waals surface area contributed by atoms with Gasteiger partial charge in [0.05, 0.1) is 12.5 Å². The van der Waals surface area contributed by atoms with Crippen molar-refractivity contribution in [2.75, 3.05) is 0 Å². The molecule has 2 N–H and O–H groups in total. The Labute approximate surface area is 86.5 Å². The average molecular weight is 201 g/mol. The molecule has 2 heterocycles. The molecule has 15 heavy (non-hydrogen) atoms. The Hall–Kier alpha value is -1.74. The van der Waals surface area contributed by atoms with Crippen LogP contribution in [0.1, 0.15) is 18.5 Å². The van der Waals surface area contributed by atoms with Gasteiger partial charge in [-0.25, -0.2) is 0 Å². The number of hydrogen-bond acceptors (Lipinski definition) is 3. The number of fused-ring (bicyclic) bond motifs is 2. The maximum absolute atomic E-state index is 5.96. The molecule has 0 aliphatic heterocycles. The molecule has 3 rings (SSSR count). The van der Waals surface area contributed by atoms with Gasteiger partial charge in [0, 0.05) is 22.4 Å². The Morgan fingerprint density at radius 2 is 2.00 bits per heavy atom. The predicted octanol–water partition coefficient (Wildman–Crippen LogP) is 3.20. The summed E-state index contributed by atoms with van der Waals surface area (Å²) in [6.07, 6.45) is 3.35. The molecule has 3 nitrogen and oxygen atoms in total. The molecule has 3 aromatic rings. The quantitative estimate of drug-likeness (QED) is 0.657. The molecular formula is C12H11NO2. The summed E-state index contributed by atoms with van der Waals surface area (Å²) in [6.45, 7) is 1.95. The van der Waals surface area contributed by atoms with Gasteiger partial charge in [-0.05, 0) is 25.1 Å². The van der Waals surface area contributed by atoms with Gasteiger partial charge in [-0.3, -0.25) is 0 Å². The number of rotatable bonds is 1. The topological polar surface area (TPSA) is 52.3 Å². The molecule has 3 heteroatoms. The molecular weight excluding hydrogens is 190 g/mol. The predicted molar refractivity (Wildman–Crippen MR) is 58.6 cm³/mol. The van der Waals surface area contributed by atoms with Crippen molar-refractivity contribution >= 4 is 21.9 Å². The van der Waals surface area contributed by atoms with E-state index in [4.69, 9.17) is 14.6 Å². The molecule has 1 unspecified atom stereocenters. The minimum Gasteiger partial charge on any atom is -0.464 e. The third kappa shape index (κ3) is 1.10. The molecule has 0 aliphatic carbocycles. The van der Waals surface area contributed by atoms with Gasteiger partial charge in [0.1, 0.15) is 11.2 Å². The molecule has 2 aromatic heterocycles. The second-order valence-electron chi connectivity index (χ2n) is 3.75. The van der Waals surface area contributed by atoms with Crippen LogP contribution in [0.3, 0.4) is 0 Å². The Kier molecular flexibility index (Phi) is 1.64. The van der Waals surface area contributed by atoms with Crippen molar-refractivity contribution in [1.82, 2.24) is 0 Å². The van der Waals surface area contributed by atoms with Crippen LogP contribution in [0.5, 0.6) is 0 Å². The molecule has 0 bridgehead atoms. The first-order chi connectivity index (χ1) is 7.27. The number of furan rings is 2. The highest BCUT2D eigenvalue weighted by molar-refractivity contribution is 5.97. The first kappa shape index (κ1) is 8.56. The van der Waals surface area contributed by atoms with Gasteiger partial charge in [-0.15, -0.1) is 0 Å². The van der Waals surface area contributed by atoms with Crippen molar-refractivity contribution in [3.8, 4) is 0 Å². The van der Waals surface area contributed by atoms with Crippen LogP contribution < -0.4 is 5.73 Å². The average Bonchev–Trinajstić information content (AvgIpc) is 2.79. The Balaban J connectivity index is 2.56. The summed E-state index contributed by atoms with van der Waals surface area (Å²) in [5.41, 5.74) is 8.70. The Morgan fingerprint density at radius 1 is 1.20 bits per heavy atom. The maximum Gasteiger partial charge on any atom is 0.139 e. The van der Waals surface area contributed by atoms with Crippen molar-refractivity contribution < 1.29 is 8.83 Å². The van der Waals surface area contributed by atoms with Crippen molar-refractivity contribution in [2.45, 2.75) is 13.0 Å². The van der Waals surface area contributed by atoms with Gasteiger partial charge in [0.25, 0.3) is 0 Å². The third-order valence-corrected chi connectivity index (χ3v) is 2.67. The number of hydrogen-bond donors (Lipinski definition) is 1. The molecule has 1 aromatic carbocycles. The van der Waals surface area contributed by atoms with E-state index in [1.54, 1.807) is 12.5 Å². The van der Waals surface area contributed by atoms with Gasteiger partial charge in [-0.1, -0.05) is 0 Å². The van der Waals surface area contributed by atoms with E-state index in [0.29, 0.717) is 0 Å². The minimum absolute atomic E-state index is 0.0695. The lowest BCUT2D eigenvalue weighted by Gasteiger charge is -2.07. The molecule has 0 saturated heterocycles. The second kappa shape index (κ2) is 2.87. The zero-order chi connectivity index (χ0) is 10.4. The summed E-state index contributed by atoms with van der Waals surface area (Å²) in [6, 6.07) is 5.75. The molecule has 0 aliphatic rings. The monoisotopic (exact) mass is 201 g/mol. The summed E-state index contributed by atoms with van der Waals surface area (Å²) in [7, 11) is 0. The van der Waals surface area contributed by atoms with Crippen LogP contribution in [0.15, 0.2) is 39.6 Å². The van der Waals surface area contributed by atoms with E-state index in [2.05, 4.69) is 0 Å². The molecule has 1 atom stereocenters. The van der Waals surface area contributed by atoms with Crippen LogP contribution in [0.2, 0.25) is 0 Å². The fourth-order valence-electron chi connectivity index (χ4n) is 2.02. The van der Waals surface area contributed by atoms with Crippen LogP contribution in [0.4, 0.5) is 0 Å². The number of nitrogens with two attached hydrogens (primary N) is 1. The van der Waals surface area contributed by atoms with Crippen molar-refractivity contribution in [3.05, 3.63) is 36.3 Å². The van der Waals surface area contributed by atoms with E-state index < -0.39 is 0 Å². The van der Waals surface area contributed by atoms with Gasteiger partial charge >= 0.3 is 0 Å². The van der Waals surface area contributed by atoms with E-state index >= 15 is 0 Å². The van der Waals surface area contributed by atoms with Crippen LogP contribution >= 0.6 is 0 Å². The lowest BCUT2D eigenvalue weighted by Crippen LogP contribution is -2.05. The highest BCUT2D eigenvalue weighted by Crippen LogP contribution is 2.32. The van der Waals surface area contributed by atoms with Crippen molar-refractivity contribution in [1.29, 1.82) is 0 Å². The zero-order valence-electron chi connectivity index (χ0n) is 8.36.